The van der Waals surface area contributed by atoms with Gasteiger partial charge in [-0.1, -0.05) is 54.6 Å². The summed E-state index contributed by atoms with van der Waals surface area (Å²) in [6, 6.07) is 24.2. The van der Waals surface area contributed by atoms with Crippen molar-refractivity contribution in [2.24, 2.45) is 5.73 Å². The lowest BCUT2D eigenvalue weighted by molar-refractivity contribution is 0.0787. The Labute approximate surface area is 214 Å². The van der Waals surface area contributed by atoms with Gasteiger partial charge in [0.05, 0.1) is 34.9 Å². The Morgan fingerprint density at radius 2 is 1.84 bits per heavy atom. The number of para-hydroxylation sites is 1. The van der Waals surface area contributed by atoms with Crippen molar-refractivity contribution in [3.8, 4) is 11.1 Å². The molecule has 6 heteroatoms. The number of amides is 1. The van der Waals surface area contributed by atoms with Crippen LogP contribution in [0, 0.1) is 6.92 Å². The van der Waals surface area contributed by atoms with E-state index in [4.69, 9.17) is 5.73 Å². The number of primary amides is 1. The van der Waals surface area contributed by atoms with Crippen molar-refractivity contribution in [3.63, 3.8) is 0 Å². The van der Waals surface area contributed by atoms with Gasteiger partial charge < -0.3 is 15.8 Å². The zero-order chi connectivity index (χ0) is 25.9. The van der Waals surface area contributed by atoms with Crippen molar-refractivity contribution < 1.29 is 9.90 Å². The van der Waals surface area contributed by atoms with E-state index in [9.17, 15) is 9.90 Å². The average Bonchev–Trinajstić information content (AvgIpc) is 3.45. The SMILES string of the molecule is Cc1c(Cn2ncc3ccccc32)cccc1-c1ccc(C(N)=O)c2[nH]c3cc(C(C)(C)O)ccc3c12. The third-order valence-electron chi connectivity index (χ3n) is 7.33. The summed E-state index contributed by atoms with van der Waals surface area (Å²) in [5.41, 5.74) is 13.1. The van der Waals surface area contributed by atoms with E-state index in [0.29, 0.717) is 17.6 Å². The lowest BCUT2D eigenvalue weighted by atomic mass is 9.91. The first-order valence-corrected chi connectivity index (χ1v) is 12.3. The minimum atomic E-state index is -0.984. The van der Waals surface area contributed by atoms with Crippen molar-refractivity contribution in [2.45, 2.75) is 32.9 Å². The van der Waals surface area contributed by atoms with Gasteiger partial charge in [0.2, 0.25) is 0 Å². The summed E-state index contributed by atoms with van der Waals surface area (Å²) in [5.74, 6) is -0.484. The number of benzene rings is 4. The topological polar surface area (TPSA) is 96.9 Å². The molecular weight excluding hydrogens is 460 g/mol. The van der Waals surface area contributed by atoms with Crippen LogP contribution in [-0.2, 0) is 12.1 Å². The highest BCUT2D eigenvalue weighted by Crippen LogP contribution is 2.39. The van der Waals surface area contributed by atoms with Gasteiger partial charge in [-0.3, -0.25) is 9.48 Å². The largest absolute Gasteiger partial charge is 0.386 e. The molecular formula is C31H28N4O2. The lowest BCUT2D eigenvalue weighted by Gasteiger charge is -2.17. The first-order chi connectivity index (χ1) is 17.7. The molecule has 6 nitrogen and oxygen atoms in total. The van der Waals surface area contributed by atoms with Gasteiger partial charge in [0, 0.05) is 21.7 Å². The molecule has 2 heterocycles. The summed E-state index contributed by atoms with van der Waals surface area (Å²) in [5, 5.41) is 18.2. The highest BCUT2D eigenvalue weighted by molar-refractivity contribution is 6.20. The minimum Gasteiger partial charge on any atom is -0.386 e. The van der Waals surface area contributed by atoms with Gasteiger partial charge >= 0.3 is 0 Å². The molecule has 0 saturated carbocycles. The number of nitrogens with zero attached hydrogens (tertiary/aromatic N) is 2. The molecule has 2 aromatic heterocycles. The van der Waals surface area contributed by atoms with Crippen LogP contribution in [0.2, 0.25) is 0 Å². The molecule has 4 aromatic carbocycles. The Kier molecular flexibility index (Phi) is 5.17. The van der Waals surface area contributed by atoms with Crippen LogP contribution < -0.4 is 5.73 Å². The molecule has 1 amide bonds. The zero-order valence-corrected chi connectivity index (χ0v) is 21.0. The number of aliphatic hydroxyl groups is 1. The maximum atomic E-state index is 12.3. The number of hydrogen-bond donors (Lipinski definition) is 3. The second-order valence-electron chi connectivity index (χ2n) is 10.2. The number of H-pyrrole nitrogens is 1. The van der Waals surface area contributed by atoms with E-state index in [0.717, 1.165) is 49.4 Å². The number of nitrogens with two attached hydrogens (primary N) is 1. The van der Waals surface area contributed by atoms with Gasteiger partial charge in [0.25, 0.3) is 5.91 Å². The summed E-state index contributed by atoms with van der Waals surface area (Å²) in [7, 11) is 0. The highest BCUT2D eigenvalue weighted by atomic mass is 16.3. The van der Waals surface area contributed by atoms with Gasteiger partial charge in [-0.25, -0.2) is 0 Å². The third-order valence-corrected chi connectivity index (χ3v) is 7.33. The van der Waals surface area contributed by atoms with Crippen LogP contribution in [-0.4, -0.2) is 25.8 Å². The van der Waals surface area contributed by atoms with Gasteiger partial charge in [-0.05, 0) is 66.8 Å². The molecule has 0 bridgehead atoms. The molecule has 0 unspecified atom stereocenters. The van der Waals surface area contributed by atoms with Crippen LogP contribution >= 0.6 is 0 Å². The summed E-state index contributed by atoms with van der Waals surface area (Å²) in [6.45, 7) is 6.30. The molecule has 0 radical (unpaired) electrons. The molecule has 0 aliphatic carbocycles. The minimum absolute atomic E-state index is 0.441. The highest BCUT2D eigenvalue weighted by Gasteiger charge is 2.21. The van der Waals surface area contributed by atoms with Crippen LogP contribution in [0.15, 0.2) is 79.0 Å². The average molecular weight is 489 g/mol. The second-order valence-corrected chi connectivity index (χ2v) is 10.2. The summed E-state index contributed by atoms with van der Waals surface area (Å²) in [6.07, 6.45) is 1.90. The van der Waals surface area contributed by atoms with E-state index < -0.39 is 11.5 Å². The van der Waals surface area contributed by atoms with Crippen molar-refractivity contribution >= 4 is 38.6 Å². The fraction of sp³-hybridized carbons (Fsp3) is 0.161. The molecule has 0 spiro atoms. The van der Waals surface area contributed by atoms with E-state index in [1.165, 1.54) is 5.56 Å². The molecule has 4 N–H and O–H groups in total. The van der Waals surface area contributed by atoms with Crippen LogP contribution in [0.3, 0.4) is 0 Å². The quantitative estimate of drug-likeness (QED) is 0.277. The fourth-order valence-corrected chi connectivity index (χ4v) is 5.28. The molecule has 0 aliphatic rings. The Hall–Kier alpha value is -4.42. The predicted molar refractivity (Wildman–Crippen MR) is 149 cm³/mol. The number of carbonyl (C=O) groups is 1. The summed E-state index contributed by atoms with van der Waals surface area (Å²) < 4.78 is 2.02. The fourth-order valence-electron chi connectivity index (χ4n) is 5.28. The smallest absolute Gasteiger partial charge is 0.250 e. The Morgan fingerprint density at radius 3 is 2.62 bits per heavy atom. The zero-order valence-electron chi connectivity index (χ0n) is 21.0. The molecule has 184 valence electrons. The van der Waals surface area contributed by atoms with Crippen molar-refractivity contribution in [1.29, 1.82) is 0 Å². The van der Waals surface area contributed by atoms with Gasteiger partial charge in [0.1, 0.15) is 0 Å². The van der Waals surface area contributed by atoms with Gasteiger partial charge in [-0.15, -0.1) is 0 Å². The van der Waals surface area contributed by atoms with Crippen LogP contribution in [0.4, 0.5) is 0 Å². The van der Waals surface area contributed by atoms with E-state index in [-0.39, 0.29) is 0 Å². The summed E-state index contributed by atoms with van der Waals surface area (Å²) >= 11 is 0. The van der Waals surface area contributed by atoms with Crippen LogP contribution in [0.1, 0.15) is 40.9 Å². The molecule has 6 aromatic rings. The molecule has 6 rings (SSSR count). The first-order valence-electron chi connectivity index (χ1n) is 12.3. The van der Waals surface area contributed by atoms with Gasteiger partial charge in [0.15, 0.2) is 0 Å². The maximum Gasteiger partial charge on any atom is 0.250 e. The normalized spacial score (nSPS) is 12.1. The van der Waals surface area contributed by atoms with Crippen LogP contribution in [0.5, 0.6) is 0 Å². The standard InChI is InChI=1S/C31H28N4O2/c1-18-20(17-35-27-10-5-4-7-19(27)16-33-35)8-6-9-22(18)23-13-14-25(30(32)36)29-28(23)24-12-11-21(31(2,3)37)15-26(24)34-29/h4-16,34,37H,17H2,1-3H3,(H2,32,36). The maximum absolute atomic E-state index is 12.3. The number of fused-ring (bicyclic) bond motifs is 4. The first kappa shape index (κ1) is 23.0. The number of rotatable bonds is 5. The third kappa shape index (κ3) is 3.77. The Bertz CT molecular complexity index is 1840. The monoisotopic (exact) mass is 488 g/mol. The lowest BCUT2D eigenvalue weighted by Crippen LogP contribution is -2.14. The van der Waals surface area contributed by atoms with E-state index in [1.807, 2.05) is 47.3 Å². The molecule has 0 aliphatic heterocycles. The summed E-state index contributed by atoms with van der Waals surface area (Å²) in [4.78, 5) is 15.7. The van der Waals surface area contributed by atoms with Crippen molar-refractivity contribution in [1.82, 2.24) is 14.8 Å². The number of aromatic nitrogens is 3. The number of hydrogen-bond acceptors (Lipinski definition) is 3. The number of nitrogens with one attached hydrogen (secondary N) is 1. The van der Waals surface area contributed by atoms with Crippen molar-refractivity contribution in [3.05, 3.63) is 101 Å². The van der Waals surface area contributed by atoms with E-state index in [1.54, 1.807) is 19.9 Å². The predicted octanol–water partition coefficient (Wildman–Crippen LogP) is 6.02. The number of aromatic amines is 1. The molecule has 0 atom stereocenters. The van der Waals surface area contributed by atoms with E-state index >= 15 is 0 Å². The van der Waals surface area contributed by atoms with Gasteiger partial charge in [-0.2, -0.15) is 5.10 Å². The van der Waals surface area contributed by atoms with Crippen LogP contribution in [0.25, 0.3) is 43.8 Å². The Balaban J connectivity index is 1.55. The Morgan fingerprint density at radius 1 is 1.03 bits per heavy atom. The second kappa shape index (κ2) is 8.32. The molecule has 37 heavy (non-hydrogen) atoms. The van der Waals surface area contributed by atoms with Crippen molar-refractivity contribution in [2.75, 3.05) is 0 Å². The molecule has 0 saturated heterocycles. The number of carbonyl (C=O) groups excluding carboxylic acids is 1. The van der Waals surface area contributed by atoms with E-state index in [2.05, 4.69) is 47.3 Å². The molecule has 0 fully saturated rings.